The summed E-state index contributed by atoms with van der Waals surface area (Å²) < 4.78 is 45.3. The topological polar surface area (TPSA) is 80.3 Å². The summed E-state index contributed by atoms with van der Waals surface area (Å²) in [6, 6.07) is 1.72. The number of halogens is 3. The highest BCUT2D eigenvalue weighted by atomic mass is 19.4. The summed E-state index contributed by atoms with van der Waals surface area (Å²) in [5, 5.41) is 13.4. The largest absolute Gasteiger partial charge is 0.466 e. The Morgan fingerprint density at radius 2 is 2.15 bits per heavy atom. The minimum Gasteiger partial charge on any atom is -0.466 e. The lowest BCUT2D eigenvalue weighted by Gasteiger charge is -2.27. The van der Waals surface area contributed by atoms with E-state index in [1.807, 2.05) is 0 Å². The number of carbonyl (C=O) groups is 1. The predicted molar refractivity (Wildman–Crippen MR) is 89.8 cm³/mol. The summed E-state index contributed by atoms with van der Waals surface area (Å²) in [5.41, 5.74) is -0.323. The molecule has 0 bridgehead atoms. The van der Waals surface area contributed by atoms with E-state index in [4.69, 9.17) is 4.42 Å². The van der Waals surface area contributed by atoms with Crippen molar-refractivity contribution in [1.29, 1.82) is 0 Å². The minimum atomic E-state index is -4.51. The van der Waals surface area contributed by atoms with E-state index in [0.29, 0.717) is 22.8 Å². The van der Waals surface area contributed by atoms with Gasteiger partial charge in [0.15, 0.2) is 0 Å². The van der Waals surface area contributed by atoms with Gasteiger partial charge in [0, 0.05) is 36.3 Å². The van der Waals surface area contributed by atoms with Crippen LogP contribution in [0.1, 0.15) is 41.9 Å². The zero-order chi connectivity index (χ0) is 20.0. The lowest BCUT2D eigenvalue weighted by Crippen LogP contribution is -2.43. The summed E-state index contributed by atoms with van der Waals surface area (Å²) in [4.78, 5) is 15.9. The molecule has 0 saturated heterocycles. The number of alkyl halides is 3. The smallest absolute Gasteiger partial charge is 0.449 e. The van der Waals surface area contributed by atoms with E-state index < -0.39 is 23.5 Å². The molecule has 2 aromatic heterocycles. The van der Waals surface area contributed by atoms with Gasteiger partial charge in [-0.3, -0.25) is 4.79 Å². The van der Waals surface area contributed by atoms with Gasteiger partial charge in [0.05, 0.1) is 6.54 Å². The highest BCUT2D eigenvalue weighted by Crippen LogP contribution is 2.32. The Hall–Kier alpha value is -2.29. The predicted octanol–water partition coefficient (Wildman–Crippen LogP) is 2.70. The van der Waals surface area contributed by atoms with E-state index in [-0.39, 0.29) is 31.8 Å². The van der Waals surface area contributed by atoms with Gasteiger partial charge in [-0.15, -0.1) is 0 Å². The van der Waals surface area contributed by atoms with E-state index in [0.717, 1.165) is 4.57 Å². The number of hydrogen-bond donors (Lipinski definition) is 2. The number of aromatic nitrogens is 2. The molecule has 27 heavy (non-hydrogen) atoms. The number of nitrogens with one attached hydrogen (secondary N) is 1. The third kappa shape index (κ3) is 3.87. The molecule has 2 atom stereocenters. The lowest BCUT2D eigenvalue weighted by molar-refractivity contribution is -0.147. The molecule has 0 unspecified atom stereocenters. The molecule has 3 rings (SSSR count). The number of nitrogens with zero attached hydrogens (tertiary/aromatic N) is 2. The fourth-order valence-corrected chi connectivity index (χ4v) is 3.58. The highest BCUT2D eigenvalue weighted by molar-refractivity contribution is 5.79. The van der Waals surface area contributed by atoms with Crippen molar-refractivity contribution in [3.05, 3.63) is 40.9 Å². The van der Waals surface area contributed by atoms with Crippen LogP contribution in [0.5, 0.6) is 0 Å². The molecular formula is C18H22F3N3O3. The SMILES string of the molecule is Cc1cc([C@@](C)(O)CNC(=O)[C@@H]2CCn3c(cnc3C(F)(F)F)C2)c(C)o1. The number of aryl methyl sites for hydroxylation is 2. The summed E-state index contributed by atoms with van der Waals surface area (Å²) in [6.45, 7) is 5.15. The van der Waals surface area contributed by atoms with Crippen LogP contribution >= 0.6 is 0 Å². The molecule has 0 saturated carbocycles. The van der Waals surface area contributed by atoms with Gasteiger partial charge >= 0.3 is 6.18 Å². The molecule has 9 heteroatoms. The number of furan rings is 1. The molecule has 0 aliphatic carbocycles. The van der Waals surface area contributed by atoms with Crippen LogP contribution in [0, 0.1) is 19.8 Å². The Morgan fingerprint density at radius 3 is 2.74 bits per heavy atom. The molecule has 0 radical (unpaired) electrons. The number of hydrogen-bond acceptors (Lipinski definition) is 4. The summed E-state index contributed by atoms with van der Waals surface area (Å²) in [7, 11) is 0. The standard InChI is InChI=1S/C18H22F3N3O3/c1-10-6-14(11(2)27-10)17(3,26)9-23-15(25)12-4-5-24-13(7-12)8-22-16(24)18(19,20)21/h6,8,12,26H,4-5,7,9H2,1-3H3,(H,23,25)/t12-,17+/m1/s1. The van der Waals surface area contributed by atoms with Gasteiger partial charge in [-0.2, -0.15) is 13.2 Å². The lowest BCUT2D eigenvalue weighted by atomic mass is 9.93. The van der Waals surface area contributed by atoms with E-state index >= 15 is 0 Å². The molecule has 0 fully saturated rings. The van der Waals surface area contributed by atoms with Gasteiger partial charge in [-0.25, -0.2) is 4.98 Å². The Kier molecular flexibility index (Phi) is 4.83. The normalized spacial score (nSPS) is 19.4. The number of carbonyl (C=O) groups excluding carboxylic acids is 1. The molecule has 148 valence electrons. The summed E-state index contributed by atoms with van der Waals surface area (Å²) in [6.07, 6.45) is -2.87. The second-order valence-corrected chi connectivity index (χ2v) is 7.23. The van der Waals surface area contributed by atoms with E-state index in [2.05, 4.69) is 10.3 Å². The quantitative estimate of drug-likeness (QED) is 0.848. The molecule has 1 amide bonds. The minimum absolute atomic E-state index is 0.0186. The third-order valence-electron chi connectivity index (χ3n) is 4.95. The van der Waals surface area contributed by atoms with E-state index in [9.17, 15) is 23.1 Å². The monoisotopic (exact) mass is 385 g/mol. The average molecular weight is 385 g/mol. The van der Waals surface area contributed by atoms with E-state index in [1.165, 1.54) is 6.20 Å². The van der Waals surface area contributed by atoms with Crippen molar-refractivity contribution in [3.63, 3.8) is 0 Å². The summed E-state index contributed by atoms with van der Waals surface area (Å²) >= 11 is 0. The molecule has 1 aliphatic rings. The van der Waals surface area contributed by atoms with Crippen LogP contribution in [-0.2, 0) is 29.5 Å². The Morgan fingerprint density at radius 1 is 1.44 bits per heavy atom. The van der Waals surface area contributed by atoms with Crippen molar-refractivity contribution >= 4 is 5.91 Å². The first-order chi connectivity index (χ1) is 12.5. The molecule has 1 aliphatic heterocycles. The zero-order valence-corrected chi connectivity index (χ0v) is 15.4. The molecular weight excluding hydrogens is 363 g/mol. The second-order valence-electron chi connectivity index (χ2n) is 7.23. The molecule has 2 N–H and O–H groups in total. The average Bonchev–Trinajstić information content (AvgIpc) is 3.14. The van der Waals surface area contributed by atoms with Crippen LogP contribution in [0.15, 0.2) is 16.7 Å². The van der Waals surface area contributed by atoms with Gasteiger partial charge in [-0.05, 0) is 33.3 Å². The van der Waals surface area contributed by atoms with Gasteiger partial charge in [-0.1, -0.05) is 0 Å². The number of rotatable bonds is 4. The third-order valence-corrected chi connectivity index (χ3v) is 4.95. The van der Waals surface area contributed by atoms with Crippen LogP contribution in [0.25, 0.3) is 0 Å². The van der Waals surface area contributed by atoms with Gasteiger partial charge in [0.1, 0.15) is 17.1 Å². The van der Waals surface area contributed by atoms with Crippen LogP contribution in [-0.4, -0.2) is 27.1 Å². The van der Waals surface area contributed by atoms with Crippen LogP contribution in [0.2, 0.25) is 0 Å². The van der Waals surface area contributed by atoms with Crippen molar-refractivity contribution in [1.82, 2.24) is 14.9 Å². The number of aliphatic hydroxyl groups is 1. The van der Waals surface area contributed by atoms with Crippen LogP contribution < -0.4 is 5.32 Å². The number of imidazole rings is 1. The van der Waals surface area contributed by atoms with Gasteiger partial charge in [0.2, 0.25) is 11.7 Å². The maximum Gasteiger partial charge on any atom is 0.449 e. The van der Waals surface area contributed by atoms with Crippen LogP contribution in [0.4, 0.5) is 13.2 Å². The summed E-state index contributed by atoms with van der Waals surface area (Å²) in [5.74, 6) is -0.444. The zero-order valence-electron chi connectivity index (χ0n) is 15.4. The molecule has 0 spiro atoms. The first-order valence-electron chi connectivity index (χ1n) is 8.68. The van der Waals surface area contributed by atoms with E-state index in [1.54, 1.807) is 26.8 Å². The van der Waals surface area contributed by atoms with Gasteiger partial charge < -0.3 is 19.4 Å². The molecule has 6 nitrogen and oxygen atoms in total. The van der Waals surface area contributed by atoms with Crippen molar-refractivity contribution in [3.8, 4) is 0 Å². The Balaban J connectivity index is 1.64. The first-order valence-corrected chi connectivity index (χ1v) is 8.68. The fourth-order valence-electron chi connectivity index (χ4n) is 3.58. The molecule has 3 heterocycles. The maximum absolute atomic E-state index is 12.9. The first kappa shape index (κ1) is 19.5. The number of amides is 1. The number of fused-ring (bicyclic) bond motifs is 1. The fraction of sp³-hybridized carbons (Fsp3) is 0.556. The Labute approximate surface area is 154 Å². The molecule has 0 aromatic carbocycles. The highest BCUT2D eigenvalue weighted by Gasteiger charge is 2.39. The molecule has 2 aromatic rings. The maximum atomic E-state index is 12.9. The van der Waals surface area contributed by atoms with Gasteiger partial charge in [0.25, 0.3) is 0 Å². The van der Waals surface area contributed by atoms with Crippen molar-refractivity contribution in [2.75, 3.05) is 6.54 Å². The Bertz CT molecular complexity index is 852. The van der Waals surface area contributed by atoms with Crippen molar-refractivity contribution in [2.24, 2.45) is 5.92 Å². The van der Waals surface area contributed by atoms with Crippen molar-refractivity contribution < 1.29 is 27.5 Å². The van der Waals surface area contributed by atoms with Crippen LogP contribution in [0.3, 0.4) is 0 Å². The second kappa shape index (κ2) is 6.70. The van der Waals surface area contributed by atoms with Crippen molar-refractivity contribution in [2.45, 2.75) is 51.9 Å².